The Labute approximate surface area is 126 Å². The molecule has 2 rings (SSSR count). The molecule has 0 amide bonds. The van der Waals surface area contributed by atoms with Crippen LogP contribution in [-0.4, -0.2) is 21.0 Å². The first kappa shape index (κ1) is 15.9. The molecule has 5 heteroatoms. The maximum atomic E-state index is 12.5. The van der Waals surface area contributed by atoms with Crippen molar-refractivity contribution in [3.63, 3.8) is 0 Å². The number of benzene rings is 2. The summed E-state index contributed by atoms with van der Waals surface area (Å²) < 4.78 is 27.8. The lowest BCUT2D eigenvalue weighted by Gasteiger charge is -2.30. The van der Waals surface area contributed by atoms with E-state index in [0.717, 1.165) is 10.8 Å². The van der Waals surface area contributed by atoms with Gasteiger partial charge in [0.25, 0.3) is 0 Å². The Hall–Kier alpha value is -1.43. The lowest BCUT2D eigenvalue weighted by Crippen LogP contribution is -2.48. The lowest BCUT2D eigenvalue weighted by atomic mass is 9.88. The molecule has 0 saturated heterocycles. The van der Waals surface area contributed by atoms with Crippen LogP contribution < -0.4 is 10.5 Å². The summed E-state index contributed by atoms with van der Waals surface area (Å²) in [5.74, 6) is 0. The molecule has 114 valence electrons. The van der Waals surface area contributed by atoms with Crippen molar-refractivity contribution in [2.75, 3.05) is 6.54 Å². The van der Waals surface area contributed by atoms with Gasteiger partial charge in [0.2, 0.25) is 10.0 Å². The Morgan fingerprint density at radius 2 is 1.71 bits per heavy atom. The van der Waals surface area contributed by atoms with Gasteiger partial charge in [-0.3, -0.25) is 0 Å². The third-order valence-electron chi connectivity index (χ3n) is 3.61. The highest BCUT2D eigenvalue weighted by Crippen LogP contribution is 2.23. The van der Waals surface area contributed by atoms with Crippen molar-refractivity contribution in [3.05, 3.63) is 42.5 Å². The molecule has 0 aliphatic rings. The standard InChI is InChI=1S/C16H22N2O2S/c1-16(2,3)15(11-17)18-21(19,20)14-9-8-12-6-4-5-7-13(12)10-14/h4-10,15,18H,11,17H2,1-3H3. The van der Waals surface area contributed by atoms with Gasteiger partial charge in [-0.2, -0.15) is 0 Å². The molecular formula is C16H22N2O2S. The topological polar surface area (TPSA) is 72.2 Å². The normalized spacial score (nSPS) is 14.3. The smallest absolute Gasteiger partial charge is 0.240 e. The molecule has 0 spiro atoms. The van der Waals surface area contributed by atoms with E-state index >= 15 is 0 Å². The predicted molar refractivity (Wildman–Crippen MR) is 86.6 cm³/mol. The van der Waals surface area contributed by atoms with Gasteiger partial charge < -0.3 is 5.73 Å². The lowest BCUT2D eigenvalue weighted by molar-refractivity contribution is 0.304. The molecule has 2 aromatic carbocycles. The molecule has 0 saturated carbocycles. The number of fused-ring (bicyclic) bond motifs is 1. The van der Waals surface area contributed by atoms with Gasteiger partial charge in [-0.1, -0.05) is 51.1 Å². The summed E-state index contributed by atoms with van der Waals surface area (Å²) in [6.07, 6.45) is 0. The van der Waals surface area contributed by atoms with Crippen LogP contribution in [0.4, 0.5) is 0 Å². The summed E-state index contributed by atoms with van der Waals surface area (Å²) in [6, 6.07) is 12.5. The highest BCUT2D eigenvalue weighted by molar-refractivity contribution is 7.89. The Morgan fingerprint density at radius 1 is 1.10 bits per heavy atom. The summed E-state index contributed by atoms with van der Waals surface area (Å²) in [7, 11) is -3.58. The van der Waals surface area contributed by atoms with Gasteiger partial charge in [0, 0.05) is 12.6 Å². The molecule has 0 aliphatic carbocycles. The first-order valence-corrected chi connectivity index (χ1v) is 8.43. The van der Waals surface area contributed by atoms with Crippen LogP contribution in [0.1, 0.15) is 20.8 Å². The van der Waals surface area contributed by atoms with Crippen LogP contribution in [0, 0.1) is 5.41 Å². The zero-order chi connectivity index (χ0) is 15.7. The maximum absolute atomic E-state index is 12.5. The Morgan fingerprint density at radius 3 is 2.29 bits per heavy atom. The monoisotopic (exact) mass is 306 g/mol. The molecule has 0 fully saturated rings. The number of nitrogens with one attached hydrogen (secondary N) is 1. The van der Waals surface area contributed by atoms with E-state index in [4.69, 9.17) is 5.73 Å². The number of hydrogen-bond acceptors (Lipinski definition) is 3. The first-order chi connectivity index (χ1) is 9.74. The largest absolute Gasteiger partial charge is 0.329 e. The summed E-state index contributed by atoms with van der Waals surface area (Å²) in [4.78, 5) is 0.268. The van der Waals surface area contributed by atoms with E-state index in [9.17, 15) is 8.42 Å². The van der Waals surface area contributed by atoms with E-state index in [1.165, 1.54) is 0 Å². The molecule has 1 atom stereocenters. The fourth-order valence-corrected chi connectivity index (χ4v) is 3.66. The maximum Gasteiger partial charge on any atom is 0.240 e. The van der Waals surface area contributed by atoms with Gasteiger partial charge in [-0.15, -0.1) is 0 Å². The first-order valence-electron chi connectivity index (χ1n) is 6.95. The van der Waals surface area contributed by atoms with E-state index in [1.54, 1.807) is 12.1 Å². The molecule has 0 aliphatic heterocycles. The second-order valence-corrected chi connectivity index (χ2v) is 8.00. The SMILES string of the molecule is CC(C)(C)C(CN)NS(=O)(=O)c1ccc2ccccc2c1. The second kappa shape index (κ2) is 5.75. The Kier molecular flexibility index (Phi) is 4.37. The molecule has 0 radical (unpaired) electrons. The van der Waals surface area contributed by atoms with Crippen LogP contribution in [0.15, 0.2) is 47.4 Å². The second-order valence-electron chi connectivity index (χ2n) is 6.28. The molecular weight excluding hydrogens is 284 g/mol. The zero-order valence-corrected chi connectivity index (χ0v) is 13.4. The predicted octanol–water partition coefficient (Wildman–Crippen LogP) is 2.49. The van der Waals surface area contributed by atoms with Crippen molar-refractivity contribution in [1.82, 2.24) is 4.72 Å². The van der Waals surface area contributed by atoms with Gasteiger partial charge >= 0.3 is 0 Å². The summed E-state index contributed by atoms with van der Waals surface area (Å²) >= 11 is 0. The Balaban J connectivity index is 2.37. The summed E-state index contributed by atoms with van der Waals surface area (Å²) in [6.45, 7) is 6.16. The molecule has 2 aromatic rings. The van der Waals surface area contributed by atoms with Gasteiger partial charge in [0.05, 0.1) is 4.90 Å². The molecule has 0 heterocycles. The third-order valence-corrected chi connectivity index (χ3v) is 5.08. The fraction of sp³-hybridized carbons (Fsp3) is 0.375. The minimum Gasteiger partial charge on any atom is -0.329 e. The van der Waals surface area contributed by atoms with Crippen molar-refractivity contribution >= 4 is 20.8 Å². The highest BCUT2D eigenvalue weighted by atomic mass is 32.2. The van der Waals surface area contributed by atoms with Crippen molar-refractivity contribution < 1.29 is 8.42 Å². The number of rotatable bonds is 4. The van der Waals surface area contributed by atoms with Gasteiger partial charge in [0.15, 0.2) is 0 Å². The van der Waals surface area contributed by atoms with Crippen LogP contribution in [0.3, 0.4) is 0 Å². The number of sulfonamides is 1. The third kappa shape index (κ3) is 3.61. The van der Waals surface area contributed by atoms with Crippen LogP contribution in [0.25, 0.3) is 10.8 Å². The summed E-state index contributed by atoms with van der Waals surface area (Å²) in [5, 5.41) is 1.92. The molecule has 21 heavy (non-hydrogen) atoms. The molecule has 0 aromatic heterocycles. The van der Waals surface area contributed by atoms with E-state index in [2.05, 4.69) is 4.72 Å². The van der Waals surface area contributed by atoms with E-state index in [0.29, 0.717) is 0 Å². The average molecular weight is 306 g/mol. The van der Waals surface area contributed by atoms with Crippen molar-refractivity contribution in [1.29, 1.82) is 0 Å². The van der Waals surface area contributed by atoms with Crippen LogP contribution >= 0.6 is 0 Å². The number of hydrogen-bond donors (Lipinski definition) is 2. The van der Waals surface area contributed by atoms with Crippen LogP contribution in [0.5, 0.6) is 0 Å². The van der Waals surface area contributed by atoms with Crippen molar-refractivity contribution in [2.45, 2.75) is 31.7 Å². The van der Waals surface area contributed by atoms with Crippen LogP contribution in [-0.2, 0) is 10.0 Å². The molecule has 4 nitrogen and oxygen atoms in total. The van der Waals surface area contributed by atoms with E-state index in [-0.39, 0.29) is 22.9 Å². The molecule has 0 bridgehead atoms. The quantitative estimate of drug-likeness (QED) is 0.911. The van der Waals surface area contributed by atoms with Gasteiger partial charge in [0.1, 0.15) is 0 Å². The van der Waals surface area contributed by atoms with Gasteiger partial charge in [-0.25, -0.2) is 13.1 Å². The van der Waals surface area contributed by atoms with Gasteiger partial charge in [-0.05, 0) is 28.3 Å². The Bertz CT molecular complexity index is 733. The van der Waals surface area contributed by atoms with E-state index < -0.39 is 10.0 Å². The average Bonchev–Trinajstić information content (AvgIpc) is 2.43. The zero-order valence-electron chi connectivity index (χ0n) is 12.6. The number of nitrogens with two attached hydrogens (primary N) is 1. The van der Waals surface area contributed by atoms with Crippen molar-refractivity contribution in [3.8, 4) is 0 Å². The fourth-order valence-electron chi connectivity index (χ4n) is 2.17. The minimum atomic E-state index is -3.58. The highest BCUT2D eigenvalue weighted by Gasteiger charge is 2.28. The summed E-state index contributed by atoms with van der Waals surface area (Å²) in [5.41, 5.74) is 5.47. The van der Waals surface area contributed by atoms with Crippen molar-refractivity contribution in [2.24, 2.45) is 11.1 Å². The van der Waals surface area contributed by atoms with E-state index in [1.807, 2.05) is 51.1 Å². The van der Waals surface area contributed by atoms with Crippen LogP contribution in [0.2, 0.25) is 0 Å². The molecule has 3 N–H and O–H groups in total. The minimum absolute atomic E-state index is 0.237. The molecule has 1 unspecified atom stereocenters.